The lowest BCUT2D eigenvalue weighted by Crippen LogP contribution is -2.46. The highest BCUT2D eigenvalue weighted by Gasteiger charge is 2.31. The van der Waals surface area contributed by atoms with Crippen LogP contribution in [0.15, 0.2) is 24.3 Å². The number of nitrogens with one attached hydrogen (secondary N) is 1. The predicted octanol–water partition coefficient (Wildman–Crippen LogP) is 2.75. The van der Waals surface area contributed by atoms with Gasteiger partial charge in [-0.3, -0.25) is 0 Å². The SMILES string of the molecule is Cc1cccc(CCNC2CCN3CCCC3C2)c1. The molecule has 1 aromatic carbocycles. The topological polar surface area (TPSA) is 15.3 Å². The van der Waals surface area contributed by atoms with Gasteiger partial charge in [-0.05, 0) is 64.2 Å². The second kappa shape index (κ2) is 6.06. The van der Waals surface area contributed by atoms with E-state index < -0.39 is 0 Å². The van der Waals surface area contributed by atoms with Gasteiger partial charge in [0.05, 0.1) is 0 Å². The van der Waals surface area contributed by atoms with E-state index in [-0.39, 0.29) is 0 Å². The molecule has 19 heavy (non-hydrogen) atoms. The smallest absolute Gasteiger partial charge is 0.0111 e. The summed E-state index contributed by atoms with van der Waals surface area (Å²) in [6, 6.07) is 10.5. The number of benzene rings is 1. The third kappa shape index (κ3) is 3.37. The summed E-state index contributed by atoms with van der Waals surface area (Å²) in [6.07, 6.45) is 6.71. The molecule has 2 saturated heterocycles. The highest BCUT2D eigenvalue weighted by atomic mass is 15.2. The summed E-state index contributed by atoms with van der Waals surface area (Å²) in [5.74, 6) is 0. The molecule has 2 atom stereocenters. The highest BCUT2D eigenvalue weighted by Crippen LogP contribution is 2.26. The third-order valence-electron chi connectivity index (χ3n) is 4.75. The fourth-order valence-corrected chi connectivity index (χ4v) is 3.70. The van der Waals surface area contributed by atoms with Crippen LogP contribution in [0.5, 0.6) is 0 Å². The Labute approximate surface area is 117 Å². The van der Waals surface area contributed by atoms with Crippen LogP contribution in [0.1, 0.15) is 36.8 Å². The Bertz CT molecular complexity index is 415. The lowest BCUT2D eigenvalue weighted by atomic mass is 9.97. The molecule has 2 aliphatic heterocycles. The van der Waals surface area contributed by atoms with Crippen molar-refractivity contribution in [3.8, 4) is 0 Å². The lowest BCUT2D eigenvalue weighted by molar-refractivity contribution is 0.167. The van der Waals surface area contributed by atoms with Gasteiger partial charge >= 0.3 is 0 Å². The van der Waals surface area contributed by atoms with E-state index in [1.54, 1.807) is 0 Å². The van der Waals surface area contributed by atoms with Crippen LogP contribution in [0.25, 0.3) is 0 Å². The molecule has 2 heterocycles. The number of fused-ring (bicyclic) bond motifs is 1. The van der Waals surface area contributed by atoms with Crippen molar-refractivity contribution in [2.75, 3.05) is 19.6 Å². The van der Waals surface area contributed by atoms with E-state index in [0.717, 1.165) is 25.0 Å². The third-order valence-corrected chi connectivity index (χ3v) is 4.75. The summed E-state index contributed by atoms with van der Waals surface area (Å²) in [7, 11) is 0. The Kier molecular flexibility index (Phi) is 4.19. The molecule has 1 aromatic rings. The van der Waals surface area contributed by atoms with Crippen molar-refractivity contribution in [3.05, 3.63) is 35.4 Å². The molecule has 104 valence electrons. The van der Waals surface area contributed by atoms with Crippen LogP contribution in [0.4, 0.5) is 0 Å². The van der Waals surface area contributed by atoms with Gasteiger partial charge in [0.2, 0.25) is 0 Å². The maximum atomic E-state index is 3.78. The molecule has 2 heteroatoms. The zero-order valence-electron chi connectivity index (χ0n) is 12.1. The number of rotatable bonds is 4. The van der Waals surface area contributed by atoms with Gasteiger partial charge < -0.3 is 10.2 Å². The Morgan fingerprint density at radius 3 is 3.11 bits per heavy atom. The number of nitrogens with zero attached hydrogens (tertiary/aromatic N) is 1. The van der Waals surface area contributed by atoms with Crippen molar-refractivity contribution in [1.29, 1.82) is 0 Å². The van der Waals surface area contributed by atoms with E-state index in [1.807, 2.05) is 0 Å². The summed E-state index contributed by atoms with van der Waals surface area (Å²) in [4.78, 5) is 2.69. The minimum absolute atomic E-state index is 0.754. The second-order valence-corrected chi connectivity index (χ2v) is 6.25. The molecule has 0 saturated carbocycles. The largest absolute Gasteiger partial charge is 0.314 e. The standard InChI is InChI=1S/C17H26N2/c1-14-4-2-5-15(12-14)7-9-18-16-8-11-19-10-3-6-17(19)13-16/h2,4-5,12,16-18H,3,6-11,13H2,1H3. The van der Waals surface area contributed by atoms with Gasteiger partial charge in [-0.2, -0.15) is 0 Å². The van der Waals surface area contributed by atoms with E-state index in [0.29, 0.717) is 0 Å². The number of piperidine rings is 1. The van der Waals surface area contributed by atoms with Crippen LogP contribution in [0, 0.1) is 6.92 Å². The average molecular weight is 258 g/mol. The molecule has 2 unspecified atom stereocenters. The molecular formula is C17H26N2. The monoisotopic (exact) mass is 258 g/mol. The van der Waals surface area contributed by atoms with E-state index in [4.69, 9.17) is 0 Å². The van der Waals surface area contributed by atoms with Crippen LogP contribution >= 0.6 is 0 Å². The maximum absolute atomic E-state index is 3.78. The van der Waals surface area contributed by atoms with Crippen LogP contribution in [-0.2, 0) is 6.42 Å². The molecule has 2 nitrogen and oxygen atoms in total. The summed E-state index contributed by atoms with van der Waals surface area (Å²) in [6.45, 7) is 5.96. The van der Waals surface area contributed by atoms with Crippen molar-refractivity contribution < 1.29 is 0 Å². The Morgan fingerprint density at radius 2 is 2.21 bits per heavy atom. The molecule has 1 N–H and O–H groups in total. The quantitative estimate of drug-likeness (QED) is 0.893. The van der Waals surface area contributed by atoms with Crippen LogP contribution in [0.2, 0.25) is 0 Å². The van der Waals surface area contributed by atoms with E-state index in [9.17, 15) is 0 Å². The Morgan fingerprint density at radius 1 is 1.26 bits per heavy atom. The van der Waals surface area contributed by atoms with Crippen molar-refractivity contribution >= 4 is 0 Å². The summed E-state index contributed by atoms with van der Waals surface area (Å²) in [5, 5.41) is 3.78. The van der Waals surface area contributed by atoms with Crippen molar-refractivity contribution in [2.24, 2.45) is 0 Å². The van der Waals surface area contributed by atoms with Gasteiger partial charge in [0.1, 0.15) is 0 Å². The first-order valence-electron chi connectivity index (χ1n) is 7.84. The summed E-state index contributed by atoms with van der Waals surface area (Å²) >= 11 is 0. The van der Waals surface area contributed by atoms with E-state index in [2.05, 4.69) is 41.4 Å². The molecule has 0 amide bonds. The van der Waals surface area contributed by atoms with Crippen molar-refractivity contribution in [2.45, 2.75) is 51.1 Å². The fourth-order valence-electron chi connectivity index (χ4n) is 3.70. The van der Waals surface area contributed by atoms with Gasteiger partial charge in [-0.1, -0.05) is 29.8 Å². The first-order valence-corrected chi connectivity index (χ1v) is 7.84. The summed E-state index contributed by atoms with van der Waals surface area (Å²) < 4.78 is 0. The average Bonchev–Trinajstić information content (AvgIpc) is 2.86. The first-order chi connectivity index (χ1) is 9.31. The van der Waals surface area contributed by atoms with Crippen LogP contribution in [-0.4, -0.2) is 36.6 Å². The second-order valence-electron chi connectivity index (χ2n) is 6.25. The van der Waals surface area contributed by atoms with Gasteiger partial charge in [0.15, 0.2) is 0 Å². The molecule has 3 rings (SSSR count). The van der Waals surface area contributed by atoms with Crippen molar-refractivity contribution in [1.82, 2.24) is 10.2 Å². The van der Waals surface area contributed by atoms with Crippen LogP contribution in [0.3, 0.4) is 0 Å². The minimum atomic E-state index is 0.754. The first kappa shape index (κ1) is 13.1. The van der Waals surface area contributed by atoms with Crippen LogP contribution < -0.4 is 5.32 Å². The number of hydrogen-bond acceptors (Lipinski definition) is 2. The normalized spacial score (nSPS) is 27.4. The fraction of sp³-hybridized carbons (Fsp3) is 0.647. The summed E-state index contributed by atoms with van der Waals surface area (Å²) in [5.41, 5.74) is 2.84. The zero-order valence-corrected chi connectivity index (χ0v) is 12.1. The van der Waals surface area contributed by atoms with Gasteiger partial charge in [0, 0.05) is 12.1 Å². The Hall–Kier alpha value is -0.860. The van der Waals surface area contributed by atoms with Gasteiger partial charge in [0.25, 0.3) is 0 Å². The number of hydrogen-bond donors (Lipinski definition) is 1. The van der Waals surface area contributed by atoms with Crippen molar-refractivity contribution in [3.63, 3.8) is 0 Å². The highest BCUT2D eigenvalue weighted by molar-refractivity contribution is 5.22. The Balaban J connectivity index is 1.43. The molecule has 2 fully saturated rings. The van der Waals surface area contributed by atoms with Gasteiger partial charge in [-0.15, -0.1) is 0 Å². The minimum Gasteiger partial charge on any atom is -0.314 e. The predicted molar refractivity (Wildman–Crippen MR) is 80.5 cm³/mol. The van der Waals surface area contributed by atoms with Gasteiger partial charge in [-0.25, -0.2) is 0 Å². The van der Waals surface area contributed by atoms with E-state index in [1.165, 1.54) is 49.9 Å². The molecule has 2 aliphatic rings. The molecular weight excluding hydrogens is 232 g/mol. The molecule has 0 aromatic heterocycles. The lowest BCUT2D eigenvalue weighted by Gasteiger charge is -2.35. The van der Waals surface area contributed by atoms with E-state index >= 15 is 0 Å². The molecule has 0 radical (unpaired) electrons. The molecule has 0 bridgehead atoms. The molecule has 0 aliphatic carbocycles. The maximum Gasteiger partial charge on any atom is 0.0111 e. The molecule has 0 spiro atoms. The number of aryl methyl sites for hydroxylation is 1. The zero-order chi connectivity index (χ0) is 13.1.